The van der Waals surface area contributed by atoms with E-state index >= 15 is 0 Å². The molecule has 3 aromatic rings. The van der Waals surface area contributed by atoms with E-state index in [1.165, 1.54) is 24.3 Å². The summed E-state index contributed by atoms with van der Waals surface area (Å²) in [5, 5.41) is 19.8. The number of carbonyl (C=O) groups is 1. The predicted octanol–water partition coefficient (Wildman–Crippen LogP) is 4.14. The van der Waals surface area contributed by atoms with Gasteiger partial charge in [-0.25, -0.2) is 4.79 Å². The van der Waals surface area contributed by atoms with Gasteiger partial charge in [0, 0.05) is 28.8 Å². The van der Waals surface area contributed by atoms with Gasteiger partial charge in [0.2, 0.25) is 0 Å². The number of hydrogen-bond acceptors (Lipinski definition) is 7. The first-order chi connectivity index (χ1) is 13.8. The van der Waals surface area contributed by atoms with Gasteiger partial charge in [0.05, 0.1) is 27.0 Å². The maximum Gasteiger partial charge on any atom is 0.341 e. The van der Waals surface area contributed by atoms with Crippen LogP contribution in [0.1, 0.15) is 27.0 Å². The van der Waals surface area contributed by atoms with E-state index in [2.05, 4.69) is 0 Å². The van der Waals surface area contributed by atoms with E-state index in [0.29, 0.717) is 11.1 Å². The molecule has 9 heteroatoms. The van der Waals surface area contributed by atoms with Crippen molar-refractivity contribution < 1.29 is 24.5 Å². The van der Waals surface area contributed by atoms with E-state index in [9.17, 15) is 15.0 Å². The van der Waals surface area contributed by atoms with Gasteiger partial charge in [-0.2, -0.15) is 0 Å². The minimum Gasteiger partial charge on any atom is -0.508 e. The molecular weight excluding hydrogens is 419 g/mol. The Morgan fingerprint density at radius 2 is 1.38 bits per heavy atom. The molecule has 2 heterocycles. The fourth-order valence-corrected chi connectivity index (χ4v) is 4.51. The van der Waals surface area contributed by atoms with Gasteiger partial charge in [-0.05, 0) is 24.3 Å². The molecule has 2 aliphatic rings. The molecule has 0 unspecified atom stereocenters. The van der Waals surface area contributed by atoms with E-state index in [4.69, 9.17) is 44.1 Å². The maximum absolute atomic E-state index is 12.9. The molecule has 0 aliphatic carbocycles. The molecule has 2 aliphatic heterocycles. The van der Waals surface area contributed by atoms with Crippen molar-refractivity contribution in [2.24, 2.45) is 0 Å². The van der Waals surface area contributed by atoms with E-state index in [0.717, 1.165) is 0 Å². The standard InChI is InChI=1S/C20H12Cl2N2O5/c21-15-13-14(16(22)18(24)17(15)23)20(29-19(13)27)9-3-1-7(25)5-11(9)28-12-6-8(26)2-4-10(12)20/h1-6,25-26H,23-24H2. The highest BCUT2D eigenvalue weighted by atomic mass is 35.5. The van der Waals surface area contributed by atoms with Crippen molar-refractivity contribution in [3.05, 3.63) is 68.7 Å². The van der Waals surface area contributed by atoms with Crippen LogP contribution in [0.3, 0.4) is 0 Å². The van der Waals surface area contributed by atoms with Gasteiger partial charge in [-0.1, -0.05) is 23.2 Å². The molecule has 146 valence electrons. The molecule has 6 N–H and O–H groups in total. The van der Waals surface area contributed by atoms with Crippen molar-refractivity contribution >= 4 is 40.5 Å². The third kappa shape index (κ3) is 2.11. The summed E-state index contributed by atoms with van der Waals surface area (Å²) in [6.45, 7) is 0. The lowest BCUT2D eigenvalue weighted by Crippen LogP contribution is -2.33. The number of nitrogens with two attached hydrogens (primary N) is 2. The average Bonchev–Trinajstić information content (AvgIpc) is 2.97. The van der Waals surface area contributed by atoms with Gasteiger partial charge in [0.25, 0.3) is 0 Å². The summed E-state index contributed by atoms with van der Waals surface area (Å²) < 4.78 is 11.8. The van der Waals surface area contributed by atoms with Crippen LogP contribution in [0.5, 0.6) is 23.0 Å². The first-order valence-electron chi connectivity index (χ1n) is 8.40. The Balaban J connectivity index is 1.98. The number of hydrogen-bond donors (Lipinski definition) is 4. The number of halogens is 2. The average molecular weight is 431 g/mol. The minimum absolute atomic E-state index is 0.00307. The summed E-state index contributed by atoms with van der Waals surface area (Å²) >= 11 is 12.9. The number of benzene rings is 3. The lowest BCUT2D eigenvalue weighted by Gasteiger charge is -2.37. The third-order valence-electron chi connectivity index (χ3n) is 5.16. The highest BCUT2D eigenvalue weighted by molar-refractivity contribution is 6.41. The Hall–Kier alpha value is -3.29. The van der Waals surface area contributed by atoms with Gasteiger partial charge in [0.1, 0.15) is 23.0 Å². The lowest BCUT2D eigenvalue weighted by molar-refractivity contribution is 0.0224. The second-order valence-corrected chi connectivity index (χ2v) is 7.49. The van der Waals surface area contributed by atoms with Crippen molar-refractivity contribution in [1.29, 1.82) is 0 Å². The zero-order valence-corrected chi connectivity index (χ0v) is 16.0. The van der Waals surface area contributed by atoms with E-state index in [1.54, 1.807) is 12.1 Å². The predicted molar refractivity (Wildman–Crippen MR) is 107 cm³/mol. The monoisotopic (exact) mass is 430 g/mol. The number of nitrogen functional groups attached to an aromatic ring is 2. The Labute approximate surface area is 174 Å². The molecule has 1 spiro atoms. The van der Waals surface area contributed by atoms with Crippen molar-refractivity contribution in [3.63, 3.8) is 0 Å². The smallest absolute Gasteiger partial charge is 0.341 e. The van der Waals surface area contributed by atoms with Gasteiger partial charge < -0.3 is 31.2 Å². The van der Waals surface area contributed by atoms with Crippen LogP contribution in [0.25, 0.3) is 0 Å². The molecule has 0 atom stereocenters. The molecular formula is C20H12Cl2N2O5. The molecule has 0 aromatic heterocycles. The Morgan fingerprint density at radius 1 is 0.862 bits per heavy atom. The number of phenolic OH excluding ortho intramolecular Hbond substituents is 2. The number of anilines is 2. The number of carbonyl (C=O) groups excluding carboxylic acids is 1. The quantitative estimate of drug-likeness (QED) is 0.311. The SMILES string of the molecule is Nc1c(N)c(Cl)c2c(c1Cl)C(=O)OC21c2ccc(O)cc2Oc2cc(O)ccc21. The number of rotatable bonds is 0. The molecule has 0 fully saturated rings. The summed E-state index contributed by atoms with van der Waals surface area (Å²) in [6, 6.07) is 8.70. The van der Waals surface area contributed by atoms with Crippen LogP contribution < -0.4 is 16.2 Å². The summed E-state index contributed by atoms with van der Waals surface area (Å²) in [6.07, 6.45) is 0. The minimum atomic E-state index is -1.56. The Morgan fingerprint density at radius 3 is 1.93 bits per heavy atom. The zero-order valence-electron chi connectivity index (χ0n) is 14.5. The van der Waals surface area contributed by atoms with E-state index < -0.39 is 11.6 Å². The largest absolute Gasteiger partial charge is 0.508 e. The van der Waals surface area contributed by atoms with Gasteiger partial charge in [-0.3, -0.25) is 0 Å². The molecule has 0 saturated carbocycles. The topological polar surface area (TPSA) is 128 Å². The van der Waals surface area contributed by atoms with Gasteiger partial charge >= 0.3 is 5.97 Å². The molecule has 0 saturated heterocycles. The molecule has 0 amide bonds. The highest BCUT2D eigenvalue weighted by Gasteiger charge is 2.56. The van der Waals surface area contributed by atoms with Crippen molar-refractivity contribution in [1.82, 2.24) is 0 Å². The molecule has 3 aromatic carbocycles. The van der Waals surface area contributed by atoms with Gasteiger partial charge in [-0.15, -0.1) is 0 Å². The van der Waals surface area contributed by atoms with E-state index in [1.807, 2.05) is 0 Å². The van der Waals surface area contributed by atoms with Crippen LogP contribution in [-0.2, 0) is 10.3 Å². The van der Waals surface area contributed by atoms with Crippen LogP contribution in [0.15, 0.2) is 36.4 Å². The van der Waals surface area contributed by atoms with Crippen molar-refractivity contribution in [3.8, 4) is 23.0 Å². The van der Waals surface area contributed by atoms with Crippen LogP contribution in [0.2, 0.25) is 10.0 Å². The fraction of sp³-hybridized carbons (Fsp3) is 0.0500. The second kappa shape index (κ2) is 5.62. The summed E-state index contributed by atoms with van der Waals surface area (Å²) in [5.41, 5.74) is 11.5. The zero-order chi connectivity index (χ0) is 20.7. The summed E-state index contributed by atoms with van der Waals surface area (Å²) in [7, 11) is 0. The normalized spacial score (nSPS) is 15.3. The Bertz CT molecular complexity index is 1210. The van der Waals surface area contributed by atoms with Crippen LogP contribution in [0, 0.1) is 0 Å². The summed E-state index contributed by atoms with van der Waals surface area (Å²) in [4.78, 5) is 12.9. The molecule has 29 heavy (non-hydrogen) atoms. The molecule has 7 nitrogen and oxygen atoms in total. The Kier molecular flexibility index (Phi) is 3.45. The molecule has 0 bridgehead atoms. The first kappa shape index (κ1) is 17.8. The second-order valence-electron chi connectivity index (χ2n) is 6.74. The highest BCUT2D eigenvalue weighted by Crippen LogP contribution is 2.60. The van der Waals surface area contributed by atoms with Crippen molar-refractivity contribution in [2.45, 2.75) is 5.60 Å². The summed E-state index contributed by atoms with van der Waals surface area (Å²) in [5.74, 6) is -0.433. The number of phenols is 2. The van der Waals surface area contributed by atoms with Gasteiger partial charge in [0.15, 0.2) is 5.60 Å². The number of esters is 1. The third-order valence-corrected chi connectivity index (χ3v) is 5.95. The van der Waals surface area contributed by atoms with Crippen molar-refractivity contribution in [2.75, 3.05) is 11.5 Å². The fourth-order valence-electron chi connectivity index (χ4n) is 3.90. The van der Waals surface area contributed by atoms with E-state index in [-0.39, 0.29) is 55.5 Å². The maximum atomic E-state index is 12.9. The number of ether oxygens (including phenoxy) is 2. The van der Waals surface area contributed by atoms with Crippen LogP contribution >= 0.6 is 23.2 Å². The molecule has 0 radical (unpaired) electrons. The van der Waals surface area contributed by atoms with Crippen LogP contribution in [-0.4, -0.2) is 16.2 Å². The van der Waals surface area contributed by atoms with Crippen LogP contribution in [0.4, 0.5) is 11.4 Å². The lowest BCUT2D eigenvalue weighted by atomic mass is 9.77. The first-order valence-corrected chi connectivity index (χ1v) is 9.16. The number of aromatic hydroxyl groups is 2. The molecule has 5 rings (SSSR count). The number of fused-ring (bicyclic) bond motifs is 6.